The summed E-state index contributed by atoms with van der Waals surface area (Å²) in [5.41, 5.74) is 3.67. The minimum atomic E-state index is -0.289. The number of piperidine rings is 1. The molecule has 1 fully saturated rings. The van der Waals surface area contributed by atoms with Crippen LogP contribution in [0.5, 0.6) is 0 Å². The molecule has 3 N–H and O–H groups in total. The van der Waals surface area contributed by atoms with E-state index in [9.17, 15) is 5.11 Å². The standard InChI is InChI=1S/C21H22N6O/c28-16-2-1-9-27(13-16)20-6-5-17-21(26-20)25-19(12-23-17)24-11-14-3-4-15-7-8-22-18(15)10-14/h3-8,10,12,16,22,28H,1-2,9,11,13H2,(H,24,25,26). The molecule has 0 spiro atoms. The zero-order chi connectivity index (χ0) is 18.9. The Kier molecular flexibility index (Phi) is 4.29. The summed E-state index contributed by atoms with van der Waals surface area (Å²) in [6.07, 6.45) is 5.22. The number of benzene rings is 1. The number of aromatic amines is 1. The average Bonchev–Trinajstić information content (AvgIpc) is 3.19. The second kappa shape index (κ2) is 7.09. The van der Waals surface area contributed by atoms with Gasteiger partial charge in [0.2, 0.25) is 0 Å². The molecule has 1 aliphatic heterocycles. The van der Waals surface area contributed by atoms with Crippen LogP contribution in [0.15, 0.2) is 48.8 Å². The second-order valence-electron chi connectivity index (χ2n) is 7.26. The van der Waals surface area contributed by atoms with Crippen LogP contribution in [-0.4, -0.2) is 44.2 Å². The summed E-state index contributed by atoms with van der Waals surface area (Å²) in [6.45, 7) is 2.18. The maximum absolute atomic E-state index is 9.92. The third-order valence-corrected chi connectivity index (χ3v) is 5.21. The number of anilines is 2. The zero-order valence-electron chi connectivity index (χ0n) is 15.5. The number of aliphatic hydroxyl groups is 1. The van der Waals surface area contributed by atoms with E-state index in [0.717, 1.165) is 36.2 Å². The molecule has 1 unspecified atom stereocenters. The van der Waals surface area contributed by atoms with E-state index in [0.29, 0.717) is 24.6 Å². The molecule has 0 aliphatic carbocycles. The van der Waals surface area contributed by atoms with Crippen molar-refractivity contribution >= 4 is 33.7 Å². The van der Waals surface area contributed by atoms with Crippen molar-refractivity contribution in [2.45, 2.75) is 25.5 Å². The third kappa shape index (κ3) is 3.36. The van der Waals surface area contributed by atoms with Crippen molar-refractivity contribution in [3.63, 3.8) is 0 Å². The summed E-state index contributed by atoms with van der Waals surface area (Å²) in [5, 5.41) is 14.5. The lowest BCUT2D eigenvalue weighted by Gasteiger charge is -2.30. The molecule has 0 radical (unpaired) electrons. The number of hydrogen-bond acceptors (Lipinski definition) is 6. The number of nitrogens with zero attached hydrogens (tertiary/aromatic N) is 4. The van der Waals surface area contributed by atoms with Crippen molar-refractivity contribution in [3.8, 4) is 0 Å². The monoisotopic (exact) mass is 374 g/mol. The number of fused-ring (bicyclic) bond motifs is 2. The number of H-pyrrole nitrogens is 1. The first kappa shape index (κ1) is 16.9. The predicted molar refractivity (Wildman–Crippen MR) is 110 cm³/mol. The molecule has 1 aromatic carbocycles. The van der Waals surface area contributed by atoms with Crippen LogP contribution in [-0.2, 0) is 6.54 Å². The highest BCUT2D eigenvalue weighted by atomic mass is 16.3. The van der Waals surface area contributed by atoms with Gasteiger partial charge in [0.1, 0.15) is 17.2 Å². The van der Waals surface area contributed by atoms with Crippen LogP contribution in [0.2, 0.25) is 0 Å². The molecule has 3 aromatic heterocycles. The number of β-amino-alcohol motifs (C(OH)–C–C–N with tert-alkyl or cyclic N) is 1. The quantitative estimate of drug-likeness (QED) is 0.509. The fraction of sp³-hybridized carbons (Fsp3) is 0.286. The molecule has 7 heteroatoms. The van der Waals surface area contributed by atoms with Gasteiger partial charge in [-0.15, -0.1) is 0 Å². The first-order valence-corrected chi connectivity index (χ1v) is 9.61. The minimum Gasteiger partial charge on any atom is -0.391 e. The van der Waals surface area contributed by atoms with E-state index in [4.69, 9.17) is 0 Å². The molecular formula is C21H22N6O. The van der Waals surface area contributed by atoms with Gasteiger partial charge in [-0.05, 0) is 48.1 Å². The summed E-state index contributed by atoms with van der Waals surface area (Å²) < 4.78 is 0. The van der Waals surface area contributed by atoms with Crippen LogP contribution < -0.4 is 10.2 Å². The van der Waals surface area contributed by atoms with Gasteiger partial charge in [0.05, 0.1) is 12.3 Å². The van der Waals surface area contributed by atoms with Crippen molar-refractivity contribution in [3.05, 3.63) is 54.4 Å². The number of pyridine rings is 1. The highest BCUT2D eigenvalue weighted by Gasteiger charge is 2.19. The van der Waals surface area contributed by atoms with E-state index in [-0.39, 0.29) is 6.10 Å². The summed E-state index contributed by atoms with van der Waals surface area (Å²) in [5.74, 6) is 1.54. The summed E-state index contributed by atoms with van der Waals surface area (Å²) in [6, 6.07) is 12.3. The van der Waals surface area contributed by atoms with Gasteiger partial charge in [-0.1, -0.05) is 12.1 Å². The van der Waals surface area contributed by atoms with Crippen LogP contribution >= 0.6 is 0 Å². The fourth-order valence-corrected chi connectivity index (χ4v) is 3.71. The van der Waals surface area contributed by atoms with E-state index < -0.39 is 0 Å². The van der Waals surface area contributed by atoms with E-state index in [1.165, 1.54) is 10.9 Å². The topological polar surface area (TPSA) is 90.0 Å². The van der Waals surface area contributed by atoms with Gasteiger partial charge in [0.15, 0.2) is 5.65 Å². The summed E-state index contributed by atoms with van der Waals surface area (Å²) in [7, 11) is 0. The molecule has 0 saturated carbocycles. The Morgan fingerprint density at radius 1 is 1.18 bits per heavy atom. The Bertz CT molecular complexity index is 1120. The molecule has 0 bridgehead atoms. The maximum Gasteiger partial charge on any atom is 0.182 e. The molecule has 142 valence electrons. The lowest BCUT2D eigenvalue weighted by Crippen LogP contribution is -2.38. The van der Waals surface area contributed by atoms with Crippen molar-refractivity contribution in [2.24, 2.45) is 0 Å². The Hall–Kier alpha value is -3.19. The van der Waals surface area contributed by atoms with Crippen LogP contribution in [0.25, 0.3) is 22.1 Å². The number of rotatable bonds is 4. The smallest absolute Gasteiger partial charge is 0.182 e. The first-order valence-electron chi connectivity index (χ1n) is 9.61. The molecule has 7 nitrogen and oxygen atoms in total. The van der Waals surface area contributed by atoms with Gasteiger partial charge in [-0.3, -0.25) is 0 Å². The molecule has 1 aliphatic rings. The van der Waals surface area contributed by atoms with Crippen molar-refractivity contribution < 1.29 is 5.11 Å². The highest BCUT2D eigenvalue weighted by molar-refractivity contribution is 5.80. The Morgan fingerprint density at radius 2 is 2.14 bits per heavy atom. The van der Waals surface area contributed by atoms with Crippen molar-refractivity contribution in [1.82, 2.24) is 19.9 Å². The molecule has 4 aromatic rings. The van der Waals surface area contributed by atoms with Gasteiger partial charge < -0.3 is 20.3 Å². The van der Waals surface area contributed by atoms with Gasteiger partial charge in [0.25, 0.3) is 0 Å². The van der Waals surface area contributed by atoms with Gasteiger partial charge in [-0.25, -0.2) is 15.0 Å². The molecule has 4 heterocycles. The third-order valence-electron chi connectivity index (χ3n) is 5.21. The summed E-state index contributed by atoms with van der Waals surface area (Å²) >= 11 is 0. The number of nitrogens with one attached hydrogen (secondary N) is 2. The largest absolute Gasteiger partial charge is 0.391 e. The lowest BCUT2D eigenvalue weighted by molar-refractivity contribution is 0.154. The first-order chi connectivity index (χ1) is 13.7. The average molecular weight is 374 g/mol. The van der Waals surface area contributed by atoms with Crippen molar-refractivity contribution in [1.29, 1.82) is 0 Å². The molecule has 28 heavy (non-hydrogen) atoms. The van der Waals surface area contributed by atoms with Gasteiger partial charge in [-0.2, -0.15) is 0 Å². The van der Waals surface area contributed by atoms with Crippen LogP contribution in [0.3, 0.4) is 0 Å². The molecule has 1 atom stereocenters. The fourth-order valence-electron chi connectivity index (χ4n) is 3.71. The SMILES string of the molecule is OC1CCCN(c2ccc3ncc(NCc4ccc5cc[nH]c5c4)nc3n2)C1. The van der Waals surface area contributed by atoms with E-state index in [1.54, 1.807) is 6.20 Å². The normalized spacial score (nSPS) is 17.3. The molecular weight excluding hydrogens is 352 g/mol. The molecule has 0 amide bonds. The Labute approximate surface area is 162 Å². The van der Waals surface area contributed by atoms with Crippen LogP contribution in [0.4, 0.5) is 11.6 Å². The van der Waals surface area contributed by atoms with Crippen LogP contribution in [0, 0.1) is 0 Å². The van der Waals surface area contributed by atoms with E-state index in [1.807, 2.05) is 18.3 Å². The number of hydrogen-bond donors (Lipinski definition) is 3. The van der Waals surface area contributed by atoms with Gasteiger partial charge in [0, 0.05) is 31.3 Å². The molecule has 1 saturated heterocycles. The maximum atomic E-state index is 9.92. The zero-order valence-corrected chi connectivity index (χ0v) is 15.5. The van der Waals surface area contributed by atoms with E-state index in [2.05, 4.69) is 54.4 Å². The Morgan fingerprint density at radius 3 is 3.07 bits per heavy atom. The van der Waals surface area contributed by atoms with Gasteiger partial charge >= 0.3 is 0 Å². The molecule has 5 rings (SSSR count). The van der Waals surface area contributed by atoms with Crippen molar-refractivity contribution in [2.75, 3.05) is 23.3 Å². The van der Waals surface area contributed by atoms with E-state index >= 15 is 0 Å². The Balaban J connectivity index is 1.35. The summed E-state index contributed by atoms with van der Waals surface area (Å²) in [4.78, 5) is 19.1. The lowest BCUT2D eigenvalue weighted by atomic mass is 10.1. The highest BCUT2D eigenvalue weighted by Crippen LogP contribution is 2.21. The minimum absolute atomic E-state index is 0.289. The number of aliphatic hydroxyl groups excluding tert-OH is 1. The predicted octanol–water partition coefficient (Wildman–Crippen LogP) is 3.08. The van der Waals surface area contributed by atoms with Crippen LogP contribution in [0.1, 0.15) is 18.4 Å². The second-order valence-corrected chi connectivity index (χ2v) is 7.26. The number of aromatic nitrogens is 4.